The Bertz CT molecular complexity index is 916. The van der Waals surface area contributed by atoms with Crippen LogP contribution in [0.15, 0.2) is 42.5 Å². The Balaban J connectivity index is 2.29. The zero-order chi connectivity index (χ0) is 23.1. The minimum Gasteiger partial charge on any atom is -0.369 e. The standard InChI is InChI=1S/C17H9F10NO2/c18-12-7-9(15(19,20)21)3-6-11(12)13(29)28-10-4-1-8(2-5-10)14(30,16(22,23)24)17(25,26)27/h1-7,30H,(H,28,29). The number of amides is 1. The molecule has 0 aliphatic carbocycles. The Morgan fingerprint density at radius 2 is 1.23 bits per heavy atom. The average Bonchev–Trinajstić information content (AvgIpc) is 2.58. The molecule has 2 aromatic rings. The van der Waals surface area contributed by atoms with Gasteiger partial charge in [-0.2, -0.15) is 39.5 Å². The van der Waals surface area contributed by atoms with Crippen molar-refractivity contribution in [1.29, 1.82) is 0 Å². The van der Waals surface area contributed by atoms with Crippen LogP contribution in [0, 0.1) is 5.82 Å². The number of carbonyl (C=O) groups excluding carboxylic acids is 1. The molecule has 0 saturated heterocycles. The molecule has 13 heteroatoms. The largest absolute Gasteiger partial charge is 0.430 e. The van der Waals surface area contributed by atoms with Crippen molar-refractivity contribution in [2.45, 2.75) is 24.1 Å². The zero-order valence-electron chi connectivity index (χ0n) is 14.2. The maximum absolute atomic E-state index is 13.8. The molecule has 164 valence electrons. The fourth-order valence-electron chi connectivity index (χ4n) is 2.36. The molecule has 2 aromatic carbocycles. The fraction of sp³-hybridized carbons (Fsp3) is 0.235. The lowest BCUT2D eigenvalue weighted by Crippen LogP contribution is -2.53. The molecule has 0 atom stereocenters. The van der Waals surface area contributed by atoms with Crippen LogP contribution in [0.25, 0.3) is 0 Å². The number of aliphatic hydroxyl groups is 1. The van der Waals surface area contributed by atoms with Gasteiger partial charge in [0.2, 0.25) is 0 Å². The number of halogens is 10. The van der Waals surface area contributed by atoms with Gasteiger partial charge in [0.05, 0.1) is 11.1 Å². The average molecular weight is 449 g/mol. The smallest absolute Gasteiger partial charge is 0.369 e. The summed E-state index contributed by atoms with van der Waals surface area (Å²) in [5.74, 6) is -2.86. The summed E-state index contributed by atoms with van der Waals surface area (Å²) in [6, 6.07) is 2.57. The molecule has 1 amide bonds. The van der Waals surface area contributed by atoms with E-state index in [-0.39, 0.29) is 18.2 Å². The predicted molar refractivity (Wildman–Crippen MR) is 81.8 cm³/mol. The molecule has 0 spiro atoms. The van der Waals surface area contributed by atoms with Gasteiger partial charge in [0.15, 0.2) is 0 Å². The van der Waals surface area contributed by atoms with E-state index < -0.39 is 58.2 Å². The molecule has 30 heavy (non-hydrogen) atoms. The minimum atomic E-state index is -6.11. The highest BCUT2D eigenvalue weighted by molar-refractivity contribution is 6.04. The number of rotatable bonds is 3. The molecule has 0 heterocycles. The van der Waals surface area contributed by atoms with Gasteiger partial charge in [0.25, 0.3) is 11.5 Å². The summed E-state index contributed by atoms with van der Waals surface area (Å²) in [6.07, 6.45) is -17.1. The summed E-state index contributed by atoms with van der Waals surface area (Å²) in [6.45, 7) is 0. The highest BCUT2D eigenvalue weighted by Crippen LogP contribution is 2.50. The van der Waals surface area contributed by atoms with Gasteiger partial charge in [-0.15, -0.1) is 0 Å². The summed E-state index contributed by atoms with van der Waals surface area (Å²) < 4.78 is 128. The Kier molecular flexibility index (Phi) is 5.82. The summed E-state index contributed by atoms with van der Waals surface area (Å²) in [5, 5.41) is 11.2. The van der Waals surface area contributed by atoms with Crippen molar-refractivity contribution in [2.24, 2.45) is 0 Å². The van der Waals surface area contributed by atoms with E-state index >= 15 is 0 Å². The van der Waals surface area contributed by atoms with Crippen molar-refractivity contribution in [1.82, 2.24) is 0 Å². The molecule has 0 fully saturated rings. The van der Waals surface area contributed by atoms with E-state index in [1.807, 2.05) is 5.32 Å². The molecule has 0 saturated carbocycles. The third kappa shape index (κ3) is 4.35. The van der Waals surface area contributed by atoms with Crippen LogP contribution in [0.1, 0.15) is 21.5 Å². The molecule has 0 unspecified atom stereocenters. The number of benzene rings is 2. The highest BCUT2D eigenvalue weighted by atomic mass is 19.4. The van der Waals surface area contributed by atoms with Crippen LogP contribution in [0.5, 0.6) is 0 Å². The number of nitrogens with one attached hydrogen (secondary N) is 1. The van der Waals surface area contributed by atoms with Crippen LogP contribution in [-0.4, -0.2) is 23.4 Å². The number of anilines is 1. The minimum absolute atomic E-state index is 0.0464. The van der Waals surface area contributed by atoms with Gasteiger partial charge in [0, 0.05) is 11.3 Å². The van der Waals surface area contributed by atoms with E-state index in [2.05, 4.69) is 0 Å². The Labute approximate surface area is 160 Å². The van der Waals surface area contributed by atoms with Gasteiger partial charge < -0.3 is 10.4 Å². The first kappa shape index (κ1) is 23.4. The molecule has 0 radical (unpaired) electrons. The van der Waals surface area contributed by atoms with Crippen LogP contribution in [0.2, 0.25) is 0 Å². The second-order valence-electron chi connectivity index (χ2n) is 5.93. The van der Waals surface area contributed by atoms with Gasteiger partial charge >= 0.3 is 18.5 Å². The molecule has 2 N–H and O–H groups in total. The van der Waals surface area contributed by atoms with Gasteiger partial charge in [-0.1, -0.05) is 12.1 Å². The summed E-state index contributed by atoms with van der Waals surface area (Å²) in [7, 11) is 0. The predicted octanol–water partition coefficient (Wildman–Crippen LogP) is 5.41. The summed E-state index contributed by atoms with van der Waals surface area (Å²) in [5.41, 5.74) is -9.41. The summed E-state index contributed by atoms with van der Waals surface area (Å²) in [4.78, 5) is 12.0. The van der Waals surface area contributed by atoms with Crippen molar-refractivity contribution in [3.63, 3.8) is 0 Å². The zero-order valence-corrected chi connectivity index (χ0v) is 14.2. The SMILES string of the molecule is O=C(Nc1ccc(C(O)(C(F)(F)F)C(F)(F)F)cc1)c1ccc(C(F)(F)F)cc1F. The quantitative estimate of drug-likeness (QED) is 0.616. The normalized spacial score (nSPS) is 13.3. The van der Waals surface area contributed by atoms with E-state index in [1.165, 1.54) is 0 Å². The topological polar surface area (TPSA) is 49.3 Å². The molecular weight excluding hydrogens is 440 g/mol. The monoisotopic (exact) mass is 449 g/mol. The Morgan fingerprint density at radius 1 is 0.767 bits per heavy atom. The first-order chi connectivity index (χ1) is 13.5. The summed E-state index contributed by atoms with van der Waals surface area (Å²) >= 11 is 0. The molecule has 0 aliphatic heterocycles. The van der Waals surface area contributed by atoms with Gasteiger partial charge in [-0.3, -0.25) is 4.79 Å². The molecular formula is C17H9F10NO2. The fourth-order valence-corrected chi connectivity index (χ4v) is 2.36. The number of carbonyl (C=O) groups is 1. The van der Waals surface area contributed by atoms with E-state index in [9.17, 15) is 53.8 Å². The third-order valence-electron chi connectivity index (χ3n) is 3.92. The van der Waals surface area contributed by atoms with E-state index in [1.54, 1.807) is 0 Å². The first-order valence-electron chi connectivity index (χ1n) is 7.63. The molecule has 2 rings (SSSR count). The van der Waals surface area contributed by atoms with E-state index in [0.29, 0.717) is 24.3 Å². The second-order valence-corrected chi connectivity index (χ2v) is 5.93. The molecule has 0 bridgehead atoms. The number of hydrogen-bond donors (Lipinski definition) is 2. The molecule has 0 aliphatic rings. The van der Waals surface area contributed by atoms with Crippen molar-refractivity contribution in [2.75, 3.05) is 5.32 Å². The Hall–Kier alpha value is -2.83. The lowest BCUT2D eigenvalue weighted by molar-refractivity contribution is -0.376. The lowest BCUT2D eigenvalue weighted by atomic mass is 9.92. The van der Waals surface area contributed by atoms with E-state index in [4.69, 9.17) is 0 Å². The van der Waals surface area contributed by atoms with Crippen molar-refractivity contribution < 1.29 is 53.8 Å². The van der Waals surface area contributed by atoms with Crippen LogP contribution in [0.3, 0.4) is 0 Å². The van der Waals surface area contributed by atoms with Gasteiger partial charge in [0.1, 0.15) is 5.82 Å². The van der Waals surface area contributed by atoms with Crippen molar-refractivity contribution in [3.05, 3.63) is 65.0 Å². The van der Waals surface area contributed by atoms with Gasteiger partial charge in [-0.05, 0) is 30.3 Å². The van der Waals surface area contributed by atoms with Crippen LogP contribution < -0.4 is 5.32 Å². The maximum atomic E-state index is 13.8. The van der Waals surface area contributed by atoms with Crippen LogP contribution in [0.4, 0.5) is 49.6 Å². The van der Waals surface area contributed by atoms with Crippen LogP contribution in [-0.2, 0) is 11.8 Å². The number of alkyl halides is 9. The highest BCUT2D eigenvalue weighted by Gasteiger charge is 2.71. The van der Waals surface area contributed by atoms with Crippen molar-refractivity contribution in [3.8, 4) is 0 Å². The third-order valence-corrected chi connectivity index (χ3v) is 3.92. The second kappa shape index (κ2) is 7.45. The van der Waals surface area contributed by atoms with Crippen LogP contribution >= 0.6 is 0 Å². The maximum Gasteiger partial charge on any atom is 0.430 e. The lowest BCUT2D eigenvalue weighted by Gasteiger charge is -2.32. The molecule has 3 nitrogen and oxygen atoms in total. The first-order valence-corrected chi connectivity index (χ1v) is 7.63. The van der Waals surface area contributed by atoms with E-state index in [0.717, 1.165) is 0 Å². The Morgan fingerprint density at radius 3 is 1.63 bits per heavy atom. The van der Waals surface area contributed by atoms with Gasteiger partial charge in [-0.25, -0.2) is 4.39 Å². The van der Waals surface area contributed by atoms with Crippen molar-refractivity contribution >= 4 is 11.6 Å². The number of hydrogen-bond acceptors (Lipinski definition) is 2. The molecule has 0 aromatic heterocycles.